The van der Waals surface area contributed by atoms with Gasteiger partial charge in [-0.05, 0) is 43.2 Å². The van der Waals surface area contributed by atoms with E-state index in [9.17, 15) is 13.2 Å². The lowest BCUT2D eigenvalue weighted by Gasteiger charge is -2.21. The van der Waals surface area contributed by atoms with Crippen molar-refractivity contribution in [2.45, 2.75) is 23.1 Å². The first-order valence-corrected chi connectivity index (χ1v) is 12.3. The number of benzene rings is 1. The Bertz CT molecular complexity index is 1160. The Morgan fingerprint density at radius 3 is 2.72 bits per heavy atom. The number of nitrogens with zero attached hydrogens (tertiary/aromatic N) is 3. The third-order valence-corrected chi connectivity index (χ3v) is 9.18. The van der Waals surface area contributed by atoms with Gasteiger partial charge in [-0.3, -0.25) is 4.79 Å². The van der Waals surface area contributed by atoms with Crippen LogP contribution in [0.2, 0.25) is 9.36 Å². The van der Waals surface area contributed by atoms with Gasteiger partial charge in [-0.15, -0.1) is 21.5 Å². The highest BCUT2D eigenvalue weighted by Gasteiger charge is 2.39. The highest BCUT2D eigenvalue weighted by atomic mass is 35.5. The molecule has 2 aromatic heterocycles. The molecule has 29 heavy (non-hydrogen) atoms. The quantitative estimate of drug-likeness (QED) is 0.562. The minimum atomic E-state index is -3.69. The van der Waals surface area contributed by atoms with Gasteiger partial charge in [0.15, 0.2) is 0 Å². The van der Waals surface area contributed by atoms with E-state index in [1.54, 1.807) is 30.3 Å². The summed E-state index contributed by atoms with van der Waals surface area (Å²) in [6, 6.07) is 9.38. The Balaban J connectivity index is 1.54. The molecule has 7 nitrogen and oxygen atoms in total. The van der Waals surface area contributed by atoms with Crippen LogP contribution in [0.25, 0.3) is 0 Å². The molecule has 12 heteroatoms. The SMILES string of the molecule is O=C(Nc1cccc(Cl)c1)c1nnc([C@H]2CCCN2S(=O)(=O)c2ccc(Cl)s2)s1. The number of amides is 1. The molecule has 0 saturated carbocycles. The summed E-state index contributed by atoms with van der Waals surface area (Å²) in [5, 5.41) is 11.9. The van der Waals surface area contributed by atoms with E-state index in [1.165, 1.54) is 10.4 Å². The first-order valence-electron chi connectivity index (χ1n) is 8.52. The fourth-order valence-electron chi connectivity index (χ4n) is 3.04. The number of hydrogen-bond donors (Lipinski definition) is 1. The van der Waals surface area contributed by atoms with Crippen molar-refractivity contribution in [2.75, 3.05) is 11.9 Å². The lowest BCUT2D eigenvalue weighted by atomic mass is 10.2. The molecule has 3 aromatic rings. The van der Waals surface area contributed by atoms with E-state index in [2.05, 4.69) is 15.5 Å². The molecule has 4 rings (SSSR count). The van der Waals surface area contributed by atoms with Crippen molar-refractivity contribution >= 4 is 67.5 Å². The van der Waals surface area contributed by atoms with Crippen molar-refractivity contribution in [3.63, 3.8) is 0 Å². The molecule has 1 amide bonds. The molecule has 1 atom stereocenters. The summed E-state index contributed by atoms with van der Waals surface area (Å²) >= 11 is 13.9. The van der Waals surface area contributed by atoms with Crippen molar-refractivity contribution in [1.82, 2.24) is 14.5 Å². The molecule has 1 saturated heterocycles. The number of sulfonamides is 1. The van der Waals surface area contributed by atoms with Crippen LogP contribution in [0.1, 0.15) is 33.7 Å². The van der Waals surface area contributed by atoms with E-state index in [1.807, 2.05) is 0 Å². The molecule has 1 fully saturated rings. The lowest BCUT2D eigenvalue weighted by molar-refractivity contribution is 0.102. The van der Waals surface area contributed by atoms with Crippen LogP contribution in [-0.2, 0) is 10.0 Å². The third kappa shape index (κ3) is 4.32. The second kappa shape index (κ2) is 8.29. The maximum Gasteiger partial charge on any atom is 0.286 e. The van der Waals surface area contributed by atoms with E-state index in [4.69, 9.17) is 23.2 Å². The summed E-state index contributed by atoms with van der Waals surface area (Å²) in [4.78, 5) is 12.5. The first kappa shape index (κ1) is 20.7. The first-order chi connectivity index (χ1) is 13.8. The smallest absolute Gasteiger partial charge is 0.286 e. The van der Waals surface area contributed by atoms with Crippen LogP contribution >= 0.6 is 45.9 Å². The minimum absolute atomic E-state index is 0.156. The van der Waals surface area contributed by atoms with Gasteiger partial charge in [0.25, 0.3) is 15.9 Å². The summed E-state index contributed by atoms with van der Waals surface area (Å²) in [6.07, 6.45) is 1.31. The summed E-state index contributed by atoms with van der Waals surface area (Å²) in [7, 11) is -3.69. The second-order valence-electron chi connectivity index (χ2n) is 6.24. The number of carbonyl (C=O) groups is 1. The van der Waals surface area contributed by atoms with Crippen LogP contribution < -0.4 is 5.32 Å². The Kier molecular flexibility index (Phi) is 5.92. The number of carbonyl (C=O) groups excluding carboxylic acids is 1. The van der Waals surface area contributed by atoms with Crippen LogP contribution in [-0.4, -0.2) is 35.4 Å². The molecule has 0 unspecified atom stereocenters. The van der Waals surface area contributed by atoms with Gasteiger partial charge in [-0.2, -0.15) is 4.31 Å². The van der Waals surface area contributed by atoms with Gasteiger partial charge in [0.1, 0.15) is 9.22 Å². The molecule has 3 heterocycles. The molecule has 0 bridgehead atoms. The van der Waals surface area contributed by atoms with E-state index < -0.39 is 22.0 Å². The Labute approximate surface area is 185 Å². The number of anilines is 1. The monoisotopic (exact) mass is 488 g/mol. The molecule has 152 valence electrons. The van der Waals surface area contributed by atoms with Gasteiger partial charge in [-0.25, -0.2) is 8.42 Å². The number of thiophene rings is 1. The summed E-state index contributed by atoms with van der Waals surface area (Å²) in [6.45, 7) is 0.381. The normalized spacial score (nSPS) is 17.5. The highest BCUT2D eigenvalue weighted by Crippen LogP contribution is 2.39. The average molecular weight is 489 g/mol. The molecule has 1 aliphatic heterocycles. The summed E-state index contributed by atoms with van der Waals surface area (Å²) < 4.78 is 28.0. The van der Waals surface area contributed by atoms with Crippen LogP contribution in [0, 0.1) is 0 Å². The molecule has 1 aromatic carbocycles. The van der Waals surface area contributed by atoms with E-state index in [0.717, 1.165) is 22.7 Å². The Hall–Kier alpha value is -1.56. The van der Waals surface area contributed by atoms with Crippen LogP contribution in [0.3, 0.4) is 0 Å². The fraction of sp³-hybridized carbons (Fsp3) is 0.235. The van der Waals surface area contributed by atoms with Crippen molar-refractivity contribution in [2.24, 2.45) is 0 Å². The predicted octanol–water partition coefficient (Wildman–Crippen LogP) is 4.68. The van der Waals surface area contributed by atoms with Gasteiger partial charge in [0.2, 0.25) is 5.01 Å². The molecule has 0 aliphatic carbocycles. The predicted molar refractivity (Wildman–Crippen MR) is 115 cm³/mol. The van der Waals surface area contributed by atoms with Crippen LogP contribution in [0.4, 0.5) is 5.69 Å². The molecule has 0 radical (unpaired) electrons. The summed E-state index contributed by atoms with van der Waals surface area (Å²) in [5.41, 5.74) is 0.541. The molecular weight excluding hydrogens is 475 g/mol. The molecule has 0 spiro atoms. The van der Waals surface area contributed by atoms with Gasteiger partial charge in [0.05, 0.1) is 10.4 Å². The van der Waals surface area contributed by atoms with Gasteiger partial charge < -0.3 is 5.32 Å². The van der Waals surface area contributed by atoms with Crippen molar-refractivity contribution in [1.29, 1.82) is 0 Å². The molecule has 1 N–H and O–H groups in total. The van der Waals surface area contributed by atoms with E-state index in [0.29, 0.717) is 39.4 Å². The Morgan fingerprint density at radius 1 is 1.17 bits per heavy atom. The number of rotatable bonds is 5. The number of aromatic nitrogens is 2. The minimum Gasteiger partial charge on any atom is -0.320 e. The lowest BCUT2D eigenvalue weighted by Crippen LogP contribution is -2.30. The standard InChI is InChI=1S/C17H14Cl2N4O3S3/c18-10-3-1-4-11(9-10)20-15(24)17-22-21-16(28-17)12-5-2-8-23(12)29(25,26)14-7-6-13(19)27-14/h1,3-4,6-7,9,12H,2,5,8H2,(H,20,24)/t12-/m1/s1. The third-order valence-electron chi connectivity index (χ3n) is 4.32. The zero-order valence-corrected chi connectivity index (χ0v) is 18.7. The van der Waals surface area contributed by atoms with Gasteiger partial charge in [0, 0.05) is 17.3 Å². The Morgan fingerprint density at radius 2 is 2.00 bits per heavy atom. The highest BCUT2D eigenvalue weighted by molar-refractivity contribution is 7.91. The number of nitrogens with one attached hydrogen (secondary N) is 1. The van der Waals surface area contributed by atoms with Gasteiger partial charge >= 0.3 is 0 Å². The van der Waals surface area contributed by atoms with Crippen molar-refractivity contribution in [3.05, 3.63) is 55.8 Å². The van der Waals surface area contributed by atoms with Crippen molar-refractivity contribution in [3.8, 4) is 0 Å². The largest absolute Gasteiger partial charge is 0.320 e. The summed E-state index contributed by atoms with van der Waals surface area (Å²) in [5.74, 6) is -0.423. The van der Waals surface area contributed by atoms with Crippen LogP contribution in [0.15, 0.2) is 40.6 Å². The zero-order valence-electron chi connectivity index (χ0n) is 14.7. The maximum atomic E-state index is 13.0. The number of hydrogen-bond acceptors (Lipinski definition) is 7. The average Bonchev–Trinajstić information content (AvgIpc) is 3.41. The fourth-order valence-corrected chi connectivity index (χ4v) is 7.45. The van der Waals surface area contributed by atoms with E-state index in [-0.39, 0.29) is 9.22 Å². The number of halogens is 2. The molecular formula is C17H14Cl2N4O3S3. The zero-order chi connectivity index (χ0) is 20.6. The second-order valence-corrected chi connectivity index (χ2v) is 11.5. The topological polar surface area (TPSA) is 92.3 Å². The van der Waals surface area contributed by atoms with Crippen LogP contribution in [0.5, 0.6) is 0 Å². The van der Waals surface area contributed by atoms with Gasteiger partial charge in [-0.1, -0.05) is 40.6 Å². The van der Waals surface area contributed by atoms with E-state index >= 15 is 0 Å². The van der Waals surface area contributed by atoms with Crippen molar-refractivity contribution < 1.29 is 13.2 Å². The molecule has 1 aliphatic rings. The maximum absolute atomic E-state index is 13.0.